The van der Waals surface area contributed by atoms with Crippen LogP contribution in [0, 0.1) is 34.6 Å². The molecule has 0 aliphatic carbocycles. The third-order valence-corrected chi connectivity index (χ3v) is 5.20. The third-order valence-electron chi connectivity index (χ3n) is 5.20. The summed E-state index contributed by atoms with van der Waals surface area (Å²) in [5.74, 6) is 0.363. The van der Waals surface area contributed by atoms with Crippen molar-refractivity contribution >= 4 is 0 Å². The molecule has 0 aliphatic heterocycles. The van der Waals surface area contributed by atoms with Gasteiger partial charge < -0.3 is 46.0 Å². The average molecular weight is 527 g/mol. The molecule has 0 aromatic heterocycles. The Balaban J connectivity index is 0.000000254. The molecule has 0 bridgehead atoms. The van der Waals surface area contributed by atoms with Gasteiger partial charge in [-0.25, -0.2) is 0 Å². The fourth-order valence-corrected chi connectivity index (χ4v) is 2.83. The summed E-state index contributed by atoms with van der Waals surface area (Å²) < 4.78 is 0. The fraction of sp³-hybridized carbons (Fsp3) is 0.172. The second-order valence-electron chi connectivity index (χ2n) is 8.51. The van der Waals surface area contributed by atoms with Crippen molar-refractivity contribution in [3.8, 4) is 51.7 Å². The Morgan fingerprint density at radius 3 is 1.13 bits per heavy atom. The van der Waals surface area contributed by atoms with Crippen LogP contribution in [-0.4, -0.2) is 46.0 Å². The monoisotopic (exact) mass is 526 g/mol. The molecule has 0 amide bonds. The predicted molar refractivity (Wildman–Crippen MR) is 144 cm³/mol. The van der Waals surface area contributed by atoms with Crippen LogP contribution < -0.4 is 0 Å². The van der Waals surface area contributed by atoms with Crippen molar-refractivity contribution < 1.29 is 46.0 Å². The van der Waals surface area contributed by atoms with Gasteiger partial charge in [0, 0.05) is 35.9 Å². The number of benzene rings is 4. The molecular weight excluding hydrogens is 492 g/mol. The first-order valence-corrected chi connectivity index (χ1v) is 11.3. The first-order valence-electron chi connectivity index (χ1n) is 11.3. The van der Waals surface area contributed by atoms with Gasteiger partial charge in [-0.15, -0.1) is 0 Å². The molecule has 0 saturated heterocycles. The molecule has 0 aliphatic rings. The van der Waals surface area contributed by atoms with Crippen molar-refractivity contribution in [3.05, 3.63) is 88.5 Å². The number of aromatic hydroxyl groups is 9. The van der Waals surface area contributed by atoms with E-state index in [-0.39, 0.29) is 51.7 Å². The van der Waals surface area contributed by atoms with Gasteiger partial charge >= 0.3 is 0 Å². The minimum absolute atomic E-state index is 0.0955. The maximum absolute atomic E-state index is 9.12. The van der Waals surface area contributed by atoms with Gasteiger partial charge in [0.15, 0.2) is 0 Å². The number of hydrogen-bond acceptors (Lipinski definition) is 9. The number of rotatable bonds is 0. The maximum Gasteiger partial charge on any atom is 0.125 e. The van der Waals surface area contributed by atoms with Gasteiger partial charge in [0.25, 0.3) is 0 Å². The molecule has 4 aromatic rings. The van der Waals surface area contributed by atoms with Gasteiger partial charge in [-0.3, -0.25) is 0 Å². The molecule has 0 fully saturated rings. The largest absolute Gasteiger partial charge is 0.508 e. The summed E-state index contributed by atoms with van der Waals surface area (Å²) in [4.78, 5) is 0. The summed E-state index contributed by atoms with van der Waals surface area (Å²) in [6, 6.07) is 14.3. The predicted octanol–water partition coefficient (Wildman–Crippen LogP) is 5.64. The number of phenols is 9. The molecule has 0 unspecified atom stereocenters. The van der Waals surface area contributed by atoms with Crippen LogP contribution in [-0.2, 0) is 0 Å². The van der Waals surface area contributed by atoms with Crippen molar-refractivity contribution in [2.75, 3.05) is 0 Å². The van der Waals surface area contributed by atoms with Gasteiger partial charge in [-0.05, 0) is 81.1 Å². The highest BCUT2D eigenvalue weighted by Gasteiger charge is 2.03. The minimum Gasteiger partial charge on any atom is -0.508 e. The summed E-state index contributed by atoms with van der Waals surface area (Å²) in [6.07, 6.45) is 0. The second kappa shape index (κ2) is 14.0. The first-order chi connectivity index (χ1) is 17.6. The van der Waals surface area contributed by atoms with Gasteiger partial charge in [0.05, 0.1) is 0 Å². The second-order valence-corrected chi connectivity index (χ2v) is 8.51. The highest BCUT2D eigenvalue weighted by atomic mass is 16.3. The van der Waals surface area contributed by atoms with E-state index in [2.05, 4.69) is 0 Å². The van der Waals surface area contributed by atoms with E-state index in [0.717, 1.165) is 22.3 Å². The maximum atomic E-state index is 9.12. The van der Waals surface area contributed by atoms with Crippen molar-refractivity contribution in [1.82, 2.24) is 0 Å². The van der Waals surface area contributed by atoms with Crippen molar-refractivity contribution in [2.24, 2.45) is 0 Å². The molecule has 9 N–H and O–H groups in total. The number of phenolic OH excluding ortho intramolecular Hbond substituents is 9. The SMILES string of the molecule is Cc1c(O)cc(O)cc1O.Cc1cc(O)cc(O)c1.Cc1cc(O)cc(O)c1C.Cc1ccc(O)cc1O. The van der Waals surface area contributed by atoms with Crippen molar-refractivity contribution in [3.63, 3.8) is 0 Å². The zero-order valence-corrected chi connectivity index (χ0v) is 21.8. The van der Waals surface area contributed by atoms with Gasteiger partial charge in [0.1, 0.15) is 51.7 Å². The van der Waals surface area contributed by atoms with Crippen LogP contribution in [0.15, 0.2) is 60.7 Å². The third kappa shape index (κ3) is 10.4. The lowest BCUT2D eigenvalue weighted by Gasteiger charge is -2.02. The van der Waals surface area contributed by atoms with Gasteiger partial charge in [0.2, 0.25) is 0 Å². The highest BCUT2D eigenvalue weighted by Crippen LogP contribution is 2.30. The molecule has 4 rings (SSSR count). The fourth-order valence-electron chi connectivity index (χ4n) is 2.83. The van der Waals surface area contributed by atoms with Crippen LogP contribution in [0.4, 0.5) is 0 Å². The molecule has 0 radical (unpaired) electrons. The topological polar surface area (TPSA) is 182 Å². The number of hydrogen-bond donors (Lipinski definition) is 9. The Bertz CT molecular complexity index is 1210. The van der Waals surface area contributed by atoms with Gasteiger partial charge in [-0.2, -0.15) is 0 Å². The smallest absolute Gasteiger partial charge is 0.125 e. The van der Waals surface area contributed by atoms with E-state index in [1.54, 1.807) is 45.0 Å². The van der Waals surface area contributed by atoms with E-state index in [0.29, 0.717) is 5.56 Å². The molecule has 0 saturated carbocycles. The molecule has 0 spiro atoms. The lowest BCUT2D eigenvalue weighted by Crippen LogP contribution is -1.80. The van der Waals surface area contributed by atoms with Crippen molar-refractivity contribution in [2.45, 2.75) is 34.6 Å². The molecule has 9 heteroatoms. The van der Waals surface area contributed by atoms with E-state index < -0.39 is 0 Å². The van der Waals surface area contributed by atoms with Crippen LogP contribution in [0.1, 0.15) is 27.8 Å². The standard InChI is InChI=1S/C8H10O2.C7H8O3.2C7H8O2/c1-5-3-7(9)4-8(10)6(5)2;1-4-6(9)2-5(8)3-7(4)10;1-5-2-6(8)4-7(9)3-5;1-5-2-3-6(8)4-7(5)9/h3-4,9-10H,1-2H3;2-3,8-10H,1H3;2*2-4,8-9H,1H3. The van der Waals surface area contributed by atoms with E-state index >= 15 is 0 Å². The minimum atomic E-state index is -0.138. The van der Waals surface area contributed by atoms with E-state index in [9.17, 15) is 0 Å². The molecular formula is C29H34O9. The zero-order valence-electron chi connectivity index (χ0n) is 21.8. The summed E-state index contributed by atoms with van der Waals surface area (Å²) in [6.45, 7) is 8.79. The van der Waals surface area contributed by atoms with Crippen LogP contribution in [0.5, 0.6) is 51.7 Å². The van der Waals surface area contributed by atoms with Crippen molar-refractivity contribution in [1.29, 1.82) is 0 Å². The first kappa shape index (κ1) is 31.1. The lowest BCUT2D eigenvalue weighted by atomic mass is 10.1. The summed E-state index contributed by atoms with van der Waals surface area (Å²) in [7, 11) is 0. The molecule has 4 aromatic carbocycles. The van der Waals surface area contributed by atoms with Crippen LogP contribution >= 0.6 is 0 Å². The average Bonchev–Trinajstić information content (AvgIpc) is 2.79. The van der Waals surface area contributed by atoms with Crippen LogP contribution in [0.25, 0.3) is 0 Å². The highest BCUT2D eigenvalue weighted by molar-refractivity contribution is 5.47. The van der Waals surface area contributed by atoms with E-state index in [1.165, 1.54) is 36.4 Å². The van der Waals surface area contributed by atoms with Gasteiger partial charge in [-0.1, -0.05) is 6.07 Å². The normalized spacial score (nSPS) is 9.61. The summed E-state index contributed by atoms with van der Waals surface area (Å²) in [5.41, 5.74) is 3.72. The molecule has 0 atom stereocenters. The molecule has 9 nitrogen and oxygen atoms in total. The quantitative estimate of drug-likeness (QED) is 0.140. The number of aryl methyl sites for hydroxylation is 3. The van der Waals surface area contributed by atoms with Crippen LogP contribution in [0.2, 0.25) is 0 Å². The van der Waals surface area contributed by atoms with E-state index in [4.69, 9.17) is 46.0 Å². The molecule has 204 valence electrons. The Morgan fingerprint density at radius 1 is 0.342 bits per heavy atom. The Morgan fingerprint density at radius 2 is 0.737 bits per heavy atom. The van der Waals surface area contributed by atoms with Crippen LogP contribution in [0.3, 0.4) is 0 Å². The molecule has 0 heterocycles. The van der Waals surface area contributed by atoms with E-state index in [1.807, 2.05) is 13.8 Å². The Kier molecular flexibility index (Phi) is 11.4. The Labute approximate surface area is 221 Å². The summed E-state index contributed by atoms with van der Waals surface area (Å²) >= 11 is 0. The Hall–Kier alpha value is -4.92. The summed E-state index contributed by atoms with van der Waals surface area (Å²) in [5, 5.41) is 80.2. The molecule has 38 heavy (non-hydrogen) atoms. The lowest BCUT2D eigenvalue weighted by molar-refractivity contribution is 0.422. The zero-order chi connectivity index (χ0) is 29.2.